The van der Waals surface area contributed by atoms with Crippen molar-refractivity contribution in [3.05, 3.63) is 202 Å². The number of halogens is 10. The lowest BCUT2D eigenvalue weighted by molar-refractivity contribution is -0.275. The van der Waals surface area contributed by atoms with Crippen molar-refractivity contribution in [1.82, 2.24) is 9.61 Å². The van der Waals surface area contributed by atoms with E-state index in [1.54, 1.807) is 28.8 Å². The molecular weight excluding hydrogens is 1050 g/mol. The maximum Gasteiger partial charge on any atom is 0.573 e. The fourth-order valence-electron chi connectivity index (χ4n) is 6.85. The van der Waals surface area contributed by atoms with Gasteiger partial charge in [0.2, 0.25) is 0 Å². The van der Waals surface area contributed by atoms with Crippen LogP contribution in [0.1, 0.15) is 44.7 Å². The van der Waals surface area contributed by atoms with Gasteiger partial charge in [0.05, 0.1) is 16.8 Å². The highest BCUT2D eigenvalue weighted by Gasteiger charge is 2.32. The standard InChI is InChI=1S/C25H21F3N2O2.C14H12F3NO.C7H6BF3O3.C7H8BrN/c1-16-13-14-30-22(15-16)24(17(2)29-30)23(31)12-5-18-3-6-19(7-4-18)20-8-10-21(11-9-20)32-25(26,27)28;15-14(16,17)19-13-7-5-12(6-8-13)11-3-1-10(9-18)2-4-11;9-7(10,11)14-6-3-1-5(2-4-6)8(12)13;8-7-3-1-6(5-9)2-4-7/h3-4,6-11,13-15H,5,12H2,1-2H3;1-8H,9,18H2;1-4,12-13H;1-4H,5,9H2. The van der Waals surface area contributed by atoms with E-state index in [-0.39, 0.29) is 22.7 Å². The molecule has 0 aliphatic rings. The number of ketones is 1. The largest absolute Gasteiger partial charge is 0.573 e. The molecule has 8 aromatic rings. The van der Waals surface area contributed by atoms with E-state index < -0.39 is 32.0 Å². The molecule has 0 bridgehead atoms. The van der Waals surface area contributed by atoms with Gasteiger partial charge in [-0.15, -0.1) is 39.5 Å². The predicted octanol–water partition coefficient (Wildman–Crippen LogP) is 12.2. The molecule has 2 heterocycles. The number of aryl methyl sites for hydroxylation is 3. The molecule has 21 heteroatoms. The van der Waals surface area contributed by atoms with Crippen LogP contribution in [-0.4, -0.2) is 51.7 Å². The Morgan fingerprint density at radius 3 is 1.31 bits per heavy atom. The summed E-state index contributed by atoms with van der Waals surface area (Å²) in [6, 6.07) is 42.8. The SMILES string of the molecule is Cc1ccn2nc(C)c(C(=O)CCc3ccc(-c4ccc(OC(F)(F)F)cc4)cc3)c2c1.NCc1ccc(-c2ccc(OC(F)(F)F)cc2)cc1.NCc1ccc(Br)cc1.OB(O)c1ccc(OC(F)(F)F)cc1. The first-order valence-electron chi connectivity index (χ1n) is 22.1. The van der Waals surface area contributed by atoms with E-state index >= 15 is 0 Å². The van der Waals surface area contributed by atoms with Crippen molar-refractivity contribution in [2.24, 2.45) is 11.5 Å². The molecule has 0 saturated carbocycles. The average Bonchev–Trinajstić information content (AvgIpc) is 3.68. The number of hydrogen-bond donors (Lipinski definition) is 4. The number of nitrogens with two attached hydrogens (primary N) is 2. The van der Waals surface area contributed by atoms with Crippen molar-refractivity contribution in [2.45, 2.75) is 58.9 Å². The zero-order valence-electron chi connectivity index (χ0n) is 39.4. The van der Waals surface area contributed by atoms with Crippen LogP contribution in [-0.2, 0) is 19.5 Å². The molecular formula is C53H47BBrF9N4O6. The van der Waals surface area contributed by atoms with Gasteiger partial charge in [-0.25, -0.2) is 4.52 Å². The van der Waals surface area contributed by atoms with Crippen LogP contribution in [0.5, 0.6) is 17.2 Å². The van der Waals surface area contributed by atoms with Gasteiger partial charge in [-0.1, -0.05) is 113 Å². The van der Waals surface area contributed by atoms with E-state index in [2.05, 4.69) is 35.2 Å². The molecule has 0 fully saturated rings. The summed E-state index contributed by atoms with van der Waals surface area (Å²) in [6.45, 7) is 4.90. The third-order valence-corrected chi connectivity index (χ3v) is 11.0. The number of nitrogens with zero attached hydrogens (tertiary/aromatic N) is 2. The van der Waals surface area contributed by atoms with Gasteiger partial charge in [0.1, 0.15) is 17.2 Å². The zero-order chi connectivity index (χ0) is 54.2. The second kappa shape index (κ2) is 26.2. The summed E-state index contributed by atoms with van der Waals surface area (Å²) < 4.78 is 122. The van der Waals surface area contributed by atoms with Crippen molar-refractivity contribution in [3.63, 3.8) is 0 Å². The van der Waals surface area contributed by atoms with Crippen LogP contribution in [0.4, 0.5) is 39.5 Å². The highest BCUT2D eigenvalue weighted by atomic mass is 79.9. The van der Waals surface area contributed by atoms with Crippen molar-refractivity contribution in [1.29, 1.82) is 0 Å². The second-order valence-corrected chi connectivity index (χ2v) is 16.9. The first kappa shape index (κ1) is 57.7. The number of aromatic nitrogens is 2. The van der Waals surface area contributed by atoms with Crippen LogP contribution >= 0.6 is 15.9 Å². The molecule has 0 spiro atoms. The van der Waals surface area contributed by atoms with Gasteiger partial charge < -0.3 is 35.7 Å². The molecule has 74 heavy (non-hydrogen) atoms. The lowest BCUT2D eigenvalue weighted by Crippen LogP contribution is -2.29. The molecule has 0 atom stereocenters. The lowest BCUT2D eigenvalue weighted by Gasteiger charge is -2.09. The van der Waals surface area contributed by atoms with Crippen molar-refractivity contribution in [2.75, 3.05) is 0 Å². The fourth-order valence-corrected chi connectivity index (χ4v) is 7.12. The number of fused-ring (bicyclic) bond motifs is 1. The fraction of sp³-hybridized carbons (Fsp3) is 0.170. The summed E-state index contributed by atoms with van der Waals surface area (Å²) in [6.07, 6.45) is -11.3. The predicted molar refractivity (Wildman–Crippen MR) is 267 cm³/mol. The summed E-state index contributed by atoms with van der Waals surface area (Å²) in [4.78, 5) is 12.9. The van der Waals surface area contributed by atoms with Crippen LogP contribution in [0.2, 0.25) is 0 Å². The molecule has 388 valence electrons. The van der Waals surface area contributed by atoms with Gasteiger partial charge in [-0.3, -0.25) is 4.79 Å². The third-order valence-electron chi connectivity index (χ3n) is 10.4. The summed E-state index contributed by atoms with van der Waals surface area (Å²) in [7, 11) is -1.70. The Hall–Kier alpha value is -7.17. The van der Waals surface area contributed by atoms with Gasteiger partial charge in [0.25, 0.3) is 0 Å². The Bertz CT molecular complexity index is 3010. The van der Waals surface area contributed by atoms with Crippen LogP contribution in [0.15, 0.2) is 168 Å². The highest BCUT2D eigenvalue weighted by molar-refractivity contribution is 9.10. The normalized spacial score (nSPS) is 11.2. The number of Topliss-reactive ketones (excluding diaryl/α,β-unsaturated/α-hetero) is 1. The molecule has 0 unspecified atom stereocenters. The van der Waals surface area contributed by atoms with E-state index in [4.69, 9.17) is 21.5 Å². The summed E-state index contributed by atoms with van der Waals surface area (Å²) in [5, 5.41) is 21.7. The Morgan fingerprint density at radius 1 is 0.568 bits per heavy atom. The number of carbonyl (C=O) groups excluding carboxylic acids is 1. The Kier molecular flexibility index (Phi) is 20.4. The molecule has 10 nitrogen and oxygen atoms in total. The molecule has 0 aliphatic heterocycles. The minimum atomic E-state index is -4.74. The van der Waals surface area contributed by atoms with Crippen molar-refractivity contribution < 1.29 is 68.6 Å². The average molecular weight is 1100 g/mol. The van der Waals surface area contributed by atoms with Gasteiger partial charge in [-0.05, 0) is 131 Å². The molecule has 8 rings (SSSR count). The van der Waals surface area contributed by atoms with Crippen LogP contribution in [0.25, 0.3) is 27.8 Å². The first-order valence-corrected chi connectivity index (χ1v) is 22.9. The molecule has 0 radical (unpaired) electrons. The number of ether oxygens (including phenoxy) is 3. The smallest absolute Gasteiger partial charge is 0.423 e. The summed E-state index contributed by atoms with van der Waals surface area (Å²) in [5.41, 5.74) is 20.8. The van der Waals surface area contributed by atoms with Crippen molar-refractivity contribution >= 4 is 39.8 Å². The number of pyridine rings is 1. The number of alkyl halides is 9. The number of hydrogen-bond acceptors (Lipinski definition) is 9. The van der Waals surface area contributed by atoms with Gasteiger partial charge in [0, 0.05) is 30.2 Å². The molecule has 6 aromatic carbocycles. The Morgan fingerprint density at radius 2 is 0.932 bits per heavy atom. The number of carbonyl (C=O) groups is 1. The minimum absolute atomic E-state index is 0.0485. The molecule has 6 N–H and O–H groups in total. The van der Waals surface area contributed by atoms with E-state index in [1.165, 1.54) is 29.8 Å². The van der Waals surface area contributed by atoms with E-state index in [1.807, 2.05) is 105 Å². The zero-order valence-corrected chi connectivity index (χ0v) is 40.9. The summed E-state index contributed by atoms with van der Waals surface area (Å²) in [5.74, 6) is -0.835. The van der Waals surface area contributed by atoms with E-state index in [0.29, 0.717) is 37.2 Å². The van der Waals surface area contributed by atoms with E-state index in [9.17, 15) is 44.3 Å². The lowest BCUT2D eigenvalue weighted by atomic mass is 9.80. The molecule has 0 saturated heterocycles. The van der Waals surface area contributed by atoms with E-state index in [0.717, 1.165) is 73.2 Å². The molecule has 2 aromatic heterocycles. The van der Waals surface area contributed by atoms with Crippen LogP contribution in [0.3, 0.4) is 0 Å². The van der Waals surface area contributed by atoms with Crippen LogP contribution in [0, 0.1) is 13.8 Å². The van der Waals surface area contributed by atoms with Gasteiger partial charge in [-0.2, -0.15) is 5.10 Å². The molecule has 0 amide bonds. The highest BCUT2D eigenvalue weighted by Crippen LogP contribution is 2.29. The number of rotatable bonds is 12. The Balaban J connectivity index is 0.000000204. The monoisotopic (exact) mass is 1100 g/mol. The quantitative estimate of drug-likeness (QED) is 0.0532. The first-order chi connectivity index (χ1) is 34.9. The van der Waals surface area contributed by atoms with Gasteiger partial charge in [0.15, 0.2) is 5.78 Å². The molecule has 0 aliphatic carbocycles. The topological polar surface area (TPSA) is 155 Å². The minimum Gasteiger partial charge on any atom is -0.423 e. The van der Waals surface area contributed by atoms with Gasteiger partial charge >= 0.3 is 26.2 Å². The van der Waals surface area contributed by atoms with Crippen molar-refractivity contribution in [3.8, 4) is 39.5 Å². The maximum atomic E-state index is 12.9. The Labute approximate surface area is 428 Å². The third kappa shape index (κ3) is 19.0. The second-order valence-electron chi connectivity index (χ2n) is 16.0. The summed E-state index contributed by atoms with van der Waals surface area (Å²) >= 11 is 3.33. The number of benzene rings is 6. The maximum absolute atomic E-state index is 12.9. The van der Waals surface area contributed by atoms with Crippen LogP contribution < -0.4 is 31.1 Å².